The fourth-order valence-corrected chi connectivity index (χ4v) is 3.85. The van der Waals surface area contributed by atoms with Crippen LogP contribution >= 0.6 is 12.4 Å². The summed E-state index contributed by atoms with van der Waals surface area (Å²) in [6.45, 7) is 6.59. The number of halogens is 1. The lowest BCUT2D eigenvalue weighted by atomic mass is 9.98. The lowest BCUT2D eigenvalue weighted by Gasteiger charge is -2.19. The van der Waals surface area contributed by atoms with Crippen molar-refractivity contribution in [3.05, 3.63) is 59.7 Å². The summed E-state index contributed by atoms with van der Waals surface area (Å²) in [7, 11) is 0. The Bertz CT molecular complexity index is 899. The predicted molar refractivity (Wildman–Crippen MR) is 130 cm³/mol. The Morgan fingerprint density at radius 3 is 2.12 bits per heavy atom. The SMILES string of the molecule is CC(C)(C)ONCCCC[C@H](NC(=O)OCC1c2ccccc2-c2ccccc21)C(=O)O.Cl. The van der Waals surface area contributed by atoms with Gasteiger partial charge in [-0.15, -0.1) is 12.4 Å². The van der Waals surface area contributed by atoms with E-state index in [1.54, 1.807) is 0 Å². The second-order valence-electron chi connectivity index (χ2n) is 8.97. The molecule has 0 spiro atoms. The molecule has 1 aliphatic carbocycles. The van der Waals surface area contributed by atoms with Gasteiger partial charge in [0.1, 0.15) is 12.6 Å². The molecule has 8 heteroatoms. The van der Waals surface area contributed by atoms with E-state index in [2.05, 4.69) is 22.9 Å². The van der Waals surface area contributed by atoms with Crippen molar-refractivity contribution in [2.45, 2.75) is 57.6 Å². The number of hydrogen-bond acceptors (Lipinski definition) is 5. The van der Waals surface area contributed by atoms with Crippen LogP contribution in [0.25, 0.3) is 11.1 Å². The van der Waals surface area contributed by atoms with Crippen molar-refractivity contribution in [3.63, 3.8) is 0 Å². The van der Waals surface area contributed by atoms with E-state index in [1.807, 2.05) is 57.2 Å². The molecule has 1 atom stereocenters. The molecule has 0 radical (unpaired) electrons. The third kappa shape index (κ3) is 7.45. The molecular formula is C25H33ClN2O5. The first kappa shape index (κ1) is 26.6. The van der Waals surface area contributed by atoms with E-state index in [9.17, 15) is 14.7 Å². The van der Waals surface area contributed by atoms with Crippen LogP contribution in [0.2, 0.25) is 0 Å². The van der Waals surface area contributed by atoms with Gasteiger partial charge in [0.2, 0.25) is 0 Å². The number of ether oxygens (including phenoxy) is 1. The maximum Gasteiger partial charge on any atom is 0.407 e. The van der Waals surface area contributed by atoms with Gasteiger partial charge >= 0.3 is 12.1 Å². The van der Waals surface area contributed by atoms with Crippen molar-refractivity contribution in [2.24, 2.45) is 0 Å². The number of carboxylic acid groups (broad SMARTS) is 1. The van der Waals surface area contributed by atoms with Gasteiger partial charge in [-0.1, -0.05) is 48.5 Å². The lowest BCUT2D eigenvalue weighted by Crippen LogP contribution is -2.41. The molecule has 33 heavy (non-hydrogen) atoms. The number of unbranched alkanes of at least 4 members (excludes halogenated alkanes) is 1. The van der Waals surface area contributed by atoms with Crippen LogP contribution < -0.4 is 10.8 Å². The van der Waals surface area contributed by atoms with E-state index in [0.29, 0.717) is 19.4 Å². The second-order valence-corrected chi connectivity index (χ2v) is 8.97. The van der Waals surface area contributed by atoms with Crippen LogP contribution in [-0.2, 0) is 14.4 Å². The highest BCUT2D eigenvalue weighted by molar-refractivity contribution is 5.85. The van der Waals surface area contributed by atoms with E-state index in [-0.39, 0.29) is 30.5 Å². The van der Waals surface area contributed by atoms with Gasteiger partial charge in [0, 0.05) is 12.5 Å². The van der Waals surface area contributed by atoms with Crippen LogP contribution in [0.15, 0.2) is 48.5 Å². The maximum absolute atomic E-state index is 12.4. The monoisotopic (exact) mass is 476 g/mol. The number of carbonyl (C=O) groups excluding carboxylic acids is 1. The molecule has 7 nitrogen and oxygen atoms in total. The second kappa shape index (κ2) is 12.0. The number of carboxylic acids is 1. The summed E-state index contributed by atoms with van der Waals surface area (Å²) in [4.78, 5) is 29.3. The Labute approximate surface area is 201 Å². The fraction of sp³-hybridized carbons (Fsp3) is 0.440. The Kier molecular flexibility index (Phi) is 9.70. The van der Waals surface area contributed by atoms with Gasteiger partial charge in [0.25, 0.3) is 0 Å². The average Bonchev–Trinajstić information content (AvgIpc) is 3.07. The Hall–Kier alpha value is -2.61. The molecule has 180 valence electrons. The van der Waals surface area contributed by atoms with Crippen molar-refractivity contribution >= 4 is 24.5 Å². The Morgan fingerprint density at radius 1 is 1.00 bits per heavy atom. The van der Waals surface area contributed by atoms with Crippen molar-refractivity contribution in [2.75, 3.05) is 13.2 Å². The zero-order chi connectivity index (χ0) is 23.1. The number of nitrogens with one attached hydrogen (secondary N) is 2. The van der Waals surface area contributed by atoms with Gasteiger partial charge in [-0.25, -0.2) is 15.1 Å². The van der Waals surface area contributed by atoms with Crippen LogP contribution in [0.5, 0.6) is 0 Å². The molecule has 0 heterocycles. The van der Waals surface area contributed by atoms with Gasteiger partial charge in [-0.05, 0) is 62.3 Å². The van der Waals surface area contributed by atoms with Gasteiger partial charge in [0.15, 0.2) is 0 Å². The molecule has 0 fully saturated rings. The van der Waals surface area contributed by atoms with E-state index in [1.165, 1.54) is 0 Å². The summed E-state index contributed by atoms with van der Waals surface area (Å²) in [5.74, 6) is -1.14. The minimum Gasteiger partial charge on any atom is -0.480 e. The number of fused-ring (bicyclic) bond motifs is 3. The highest BCUT2D eigenvalue weighted by Crippen LogP contribution is 2.44. The molecule has 0 aliphatic heterocycles. The smallest absolute Gasteiger partial charge is 0.407 e. The number of amides is 1. The van der Waals surface area contributed by atoms with Gasteiger partial charge in [-0.3, -0.25) is 4.84 Å². The van der Waals surface area contributed by atoms with Crippen molar-refractivity contribution < 1.29 is 24.3 Å². The topological polar surface area (TPSA) is 96.9 Å². The first-order valence-corrected chi connectivity index (χ1v) is 11.0. The molecule has 2 aromatic carbocycles. The third-order valence-corrected chi connectivity index (χ3v) is 5.33. The first-order chi connectivity index (χ1) is 15.3. The standard InChI is InChI=1S/C25H32N2O5.ClH/c1-25(2,3)32-26-15-9-8-14-22(23(28)29)27-24(30)31-16-21-19-12-6-4-10-17(19)18-11-5-7-13-20(18)21;/h4-7,10-13,21-22,26H,8-9,14-16H2,1-3H3,(H,27,30)(H,28,29);1H/t22-;/m0./s1. The van der Waals surface area contributed by atoms with Crippen LogP contribution in [0.4, 0.5) is 4.79 Å². The molecule has 0 unspecified atom stereocenters. The summed E-state index contributed by atoms with van der Waals surface area (Å²) >= 11 is 0. The van der Waals surface area contributed by atoms with Crippen molar-refractivity contribution in [1.82, 2.24) is 10.8 Å². The molecule has 0 saturated carbocycles. The quantitative estimate of drug-likeness (QED) is 0.333. The molecule has 0 saturated heterocycles. The molecule has 3 N–H and O–H groups in total. The van der Waals surface area contributed by atoms with Gasteiger partial charge < -0.3 is 15.2 Å². The molecule has 3 rings (SSSR count). The van der Waals surface area contributed by atoms with Crippen molar-refractivity contribution in [3.8, 4) is 11.1 Å². The summed E-state index contributed by atoms with van der Waals surface area (Å²) < 4.78 is 5.46. The fourth-order valence-electron chi connectivity index (χ4n) is 3.85. The largest absolute Gasteiger partial charge is 0.480 e. The van der Waals surface area contributed by atoms with Gasteiger partial charge in [0.05, 0.1) is 5.60 Å². The minimum absolute atomic E-state index is 0. The highest BCUT2D eigenvalue weighted by Gasteiger charge is 2.29. The van der Waals surface area contributed by atoms with E-state index < -0.39 is 18.1 Å². The molecule has 0 bridgehead atoms. The summed E-state index contributed by atoms with van der Waals surface area (Å²) in [6, 6.07) is 15.2. The van der Waals surface area contributed by atoms with Crippen molar-refractivity contribution in [1.29, 1.82) is 0 Å². The highest BCUT2D eigenvalue weighted by atomic mass is 35.5. The zero-order valence-electron chi connectivity index (χ0n) is 19.3. The normalized spacial score (nSPS) is 13.4. The lowest BCUT2D eigenvalue weighted by molar-refractivity contribution is -0.139. The number of aliphatic carboxylic acids is 1. The zero-order valence-corrected chi connectivity index (χ0v) is 20.1. The molecule has 0 aromatic heterocycles. The van der Waals surface area contributed by atoms with E-state index in [4.69, 9.17) is 9.57 Å². The number of alkyl carbamates (subject to hydrolysis) is 1. The predicted octanol–water partition coefficient (Wildman–Crippen LogP) is 4.89. The molecule has 2 aromatic rings. The van der Waals surface area contributed by atoms with Crippen LogP contribution in [0.1, 0.15) is 57.1 Å². The van der Waals surface area contributed by atoms with E-state index >= 15 is 0 Å². The summed E-state index contributed by atoms with van der Waals surface area (Å²) in [5, 5.41) is 12.0. The molecule has 1 amide bonds. The van der Waals surface area contributed by atoms with Crippen LogP contribution in [0.3, 0.4) is 0 Å². The number of hydroxylamine groups is 1. The average molecular weight is 477 g/mol. The first-order valence-electron chi connectivity index (χ1n) is 11.0. The van der Waals surface area contributed by atoms with Gasteiger partial charge in [-0.2, -0.15) is 0 Å². The molecular weight excluding hydrogens is 444 g/mol. The number of rotatable bonds is 10. The number of carbonyl (C=O) groups is 2. The van der Waals surface area contributed by atoms with E-state index in [0.717, 1.165) is 28.7 Å². The number of benzene rings is 2. The maximum atomic E-state index is 12.4. The minimum atomic E-state index is -1.07. The van der Waals surface area contributed by atoms with Crippen LogP contribution in [-0.4, -0.2) is 42.0 Å². The number of hydrogen-bond donors (Lipinski definition) is 3. The van der Waals surface area contributed by atoms with Crippen LogP contribution in [0, 0.1) is 0 Å². The summed E-state index contributed by atoms with van der Waals surface area (Å²) in [5.41, 5.74) is 7.11. The Balaban J connectivity index is 0.00000385. The summed E-state index contributed by atoms with van der Waals surface area (Å²) in [6.07, 6.45) is 0.956. The molecule has 1 aliphatic rings. The third-order valence-electron chi connectivity index (χ3n) is 5.33. The Morgan fingerprint density at radius 2 is 1.58 bits per heavy atom.